The van der Waals surface area contributed by atoms with Crippen molar-refractivity contribution in [3.8, 4) is 6.07 Å². The van der Waals surface area contributed by atoms with Crippen LogP contribution in [0.5, 0.6) is 0 Å². The monoisotopic (exact) mass is 243 g/mol. The quantitative estimate of drug-likeness (QED) is 0.419. The molecule has 1 aromatic rings. The number of hydrazone groups is 1. The van der Waals surface area contributed by atoms with Crippen LogP contribution in [0.3, 0.4) is 0 Å². The summed E-state index contributed by atoms with van der Waals surface area (Å²) >= 11 is 0. The first-order valence-corrected chi connectivity index (χ1v) is 5.70. The number of rotatable bonds is 5. The zero-order chi connectivity index (χ0) is 13.5. The number of nitrogens with one attached hydrogen (secondary N) is 2. The van der Waals surface area contributed by atoms with Gasteiger partial charge in [-0.3, -0.25) is 10.8 Å². The Labute approximate surface area is 107 Å². The molecule has 18 heavy (non-hydrogen) atoms. The number of nitriles is 1. The molecule has 1 aromatic carbocycles. The highest BCUT2D eigenvalue weighted by molar-refractivity contribution is 6.45. The second-order valence-electron chi connectivity index (χ2n) is 4.40. The summed E-state index contributed by atoms with van der Waals surface area (Å²) in [5.74, 6) is 0.235. The summed E-state index contributed by atoms with van der Waals surface area (Å²) in [5, 5.41) is 19.6. The molecule has 4 N–H and O–H groups in total. The van der Waals surface area contributed by atoms with Crippen molar-refractivity contribution in [3.05, 3.63) is 29.8 Å². The molecule has 0 aliphatic heterocycles. The van der Waals surface area contributed by atoms with Gasteiger partial charge in [-0.05, 0) is 30.0 Å². The summed E-state index contributed by atoms with van der Waals surface area (Å²) in [6, 6.07) is 9.55. The average Bonchev–Trinajstić information content (AvgIpc) is 2.29. The van der Waals surface area contributed by atoms with E-state index in [9.17, 15) is 0 Å². The molecule has 0 atom stereocenters. The Morgan fingerprint density at radius 3 is 2.83 bits per heavy atom. The molecule has 5 heteroatoms. The number of hydrogen-bond donors (Lipinski definition) is 3. The molecule has 5 nitrogen and oxygen atoms in total. The molecule has 0 saturated carbocycles. The van der Waals surface area contributed by atoms with Crippen LogP contribution in [0.1, 0.15) is 19.4 Å². The Balaban J connectivity index is 2.80. The zero-order valence-electron chi connectivity index (χ0n) is 10.6. The van der Waals surface area contributed by atoms with Crippen LogP contribution < -0.4 is 11.2 Å². The standard InChI is InChI=1S/C13H17N5/c1-9(2)6-10-4-3-5-11(7-10)17-18-12(8-14)13(15)16/h3-5,7,9,17H,6H2,1-2H3,(H3,15,16)/b18-12+. The van der Waals surface area contributed by atoms with E-state index in [-0.39, 0.29) is 11.5 Å². The first kappa shape index (κ1) is 13.7. The summed E-state index contributed by atoms with van der Waals surface area (Å²) in [5.41, 5.74) is 9.79. The van der Waals surface area contributed by atoms with Gasteiger partial charge in [-0.15, -0.1) is 0 Å². The molecule has 0 aliphatic carbocycles. The van der Waals surface area contributed by atoms with Gasteiger partial charge in [0.2, 0.25) is 5.71 Å². The van der Waals surface area contributed by atoms with E-state index in [4.69, 9.17) is 16.4 Å². The highest BCUT2D eigenvalue weighted by Crippen LogP contribution is 2.14. The first-order valence-electron chi connectivity index (χ1n) is 5.70. The third-order valence-corrected chi connectivity index (χ3v) is 2.23. The van der Waals surface area contributed by atoms with E-state index in [0.717, 1.165) is 12.1 Å². The van der Waals surface area contributed by atoms with Crippen molar-refractivity contribution in [2.45, 2.75) is 20.3 Å². The minimum absolute atomic E-state index is 0.121. The van der Waals surface area contributed by atoms with Crippen molar-refractivity contribution < 1.29 is 0 Å². The van der Waals surface area contributed by atoms with Crippen molar-refractivity contribution in [2.24, 2.45) is 16.8 Å². The zero-order valence-corrected chi connectivity index (χ0v) is 10.6. The number of hydrogen-bond acceptors (Lipinski definition) is 4. The lowest BCUT2D eigenvalue weighted by atomic mass is 10.0. The van der Waals surface area contributed by atoms with Gasteiger partial charge in [0.05, 0.1) is 5.69 Å². The second kappa shape index (κ2) is 6.40. The molecule has 0 heterocycles. The van der Waals surface area contributed by atoms with E-state index in [1.165, 1.54) is 5.56 Å². The van der Waals surface area contributed by atoms with Gasteiger partial charge in [-0.25, -0.2) is 0 Å². The molecule has 0 bridgehead atoms. The Bertz CT molecular complexity index is 496. The maximum atomic E-state index is 8.71. The summed E-state index contributed by atoms with van der Waals surface area (Å²) in [7, 11) is 0. The van der Waals surface area contributed by atoms with E-state index in [2.05, 4.69) is 24.4 Å². The van der Waals surface area contributed by atoms with Crippen LogP contribution in [-0.4, -0.2) is 11.5 Å². The number of nitrogens with zero attached hydrogens (tertiary/aromatic N) is 2. The molecule has 94 valence electrons. The van der Waals surface area contributed by atoms with Gasteiger partial charge in [-0.2, -0.15) is 10.4 Å². The number of benzene rings is 1. The summed E-state index contributed by atoms with van der Waals surface area (Å²) in [6.07, 6.45) is 0.983. The summed E-state index contributed by atoms with van der Waals surface area (Å²) < 4.78 is 0. The molecule has 0 saturated heterocycles. The van der Waals surface area contributed by atoms with Crippen LogP contribution in [0.2, 0.25) is 0 Å². The molecule has 0 amide bonds. The Morgan fingerprint density at radius 1 is 1.56 bits per heavy atom. The topological polar surface area (TPSA) is 98.0 Å². The third-order valence-electron chi connectivity index (χ3n) is 2.23. The van der Waals surface area contributed by atoms with E-state index in [0.29, 0.717) is 5.92 Å². The number of anilines is 1. The van der Waals surface area contributed by atoms with Gasteiger partial charge in [-0.1, -0.05) is 26.0 Å². The molecular formula is C13H17N5. The normalized spacial score (nSPS) is 11.1. The van der Waals surface area contributed by atoms with Crippen LogP contribution in [-0.2, 0) is 6.42 Å². The van der Waals surface area contributed by atoms with Crippen molar-refractivity contribution in [2.75, 3.05) is 5.43 Å². The Hall–Kier alpha value is -2.35. The van der Waals surface area contributed by atoms with Crippen molar-refractivity contribution in [1.29, 1.82) is 10.7 Å². The van der Waals surface area contributed by atoms with Gasteiger partial charge >= 0.3 is 0 Å². The van der Waals surface area contributed by atoms with Crippen molar-refractivity contribution in [1.82, 2.24) is 0 Å². The maximum absolute atomic E-state index is 8.71. The van der Waals surface area contributed by atoms with Crippen LogP contribution >= 0.6 is 0 Å². The molecule has 0 aromatic heterocycles. The molecule has 0 unspecified atom stereocenters. The van der Waals surface area contributed by atoms with Crippen molar-refractivity contribution in [3.63, 3.8) is 0 Å². The predicted octanol–water partition coefficient (Wildman–Crippen LogP) is 2.11. The third kappa shape index (κ3) is 4.26. The Morgan fingerprint density at radius 2 is 2.28 bits per heavy atom. The van der Waals surface area contributed by atoms with E-state index in [1.54, 1.807) is 6.07 Å². The first-order chi connectivity index (χ1) is 8.52. The second-order valence-corrected chi connectivity index (χ2v) is 4.40. The van der Waals surface area contributed by atoms with Gasteiger partial charge in [0, 0.05) is 0 Å². The van der Waals surface area contributed by atoms with Gasteiger partial charge < -0.3 is 5.73 Å². The number of amidine groups is 1. The molecule has 0 fully saturated rings. The van der Waals surface area contributed by atoms with Crippen molar-refractivity contribution >= 4 is 17.2 Å². The lowest BCUT2D eigenvalue weighted by molar-refractivity contribution is 0.647. The lowest BCUT2D eigenvalue weighted by Crippen LogP contribution is -2.21. The highest BCUT2D eigenvalue weighted by Gasteiger charge is 2.02. The summed E-state index contributed by atoms with van der Waals surface area (Å²) in [4.78, 5) is 0. The van der Waals surface area contributed by atoms with Crippen LogP contribution in [0.25, 0.3) is 0 Å². The fraction of sp³-hybridized carbons (Fsp3) is 0.308. The predicted molar refractivity (Wildman–Crippen MR) is 73.6 cm³/mol. The molecule has 0 radical (unpaired) electrons. The van der Waals surface area contributed by atoms with Crippen LogP contribution in [0, 0.1) is 22.7 Å². The Kier molecular flexibility index (Phi) is 4.88. The largest absolute Gasteiger partial charge is 0.382 e. The molecule has 0 aliphatic rings. The lowest BCUT2D eigenvalue weighted by Gasteiger charge is -2.07. The van der Waals surface area contributed by atoms with E-state index >= 15 is 0 Å². The average molecular weight is 243 g/mol. The van der Waals surface area contributed by atoms with Gasteiger partial charge in [0.1, 0.15) is 6.07 Å². The van der Waals surface area contributed by atoms with Crippen LogP contribution in [0.4, 0.5) is 5.69 Å². The highest BCUT2D eigenvalue weighted by atomic mass is 15.3. The summed E-state index contributed by atoms with van der Waals surface area (Å²) in [6.45, 7) is 4.31. The van der Waals surface area contributed by atoms with E-state index < -0.39 is 0 Å². The van der Waals surface area contributed by atoms with Gasteiger partial charge in [0.25, 0.3) is 0 Å². The van der Waals surface area contributed by atoms with Crippen LogP contribution in [0.15, 0.2) is 29.4 Å². The number of nitrogens with two attached hydrogens (primary N) is 1. The SMILES string of the molecule is CC(C)Cc1cccc(N/N=C(\C#N)C(=N)N)c1. The smallest absolute Gasteiger partial charge is 0.201 e. The molecule has 1 rings (SSSR count). The van der Waals surface area contributed by atoms with E-state index in [1.807, 2.05) is 24.3 Å². The minimum atomic E-state index is -0.344. The minimum Gasteiger partial charge on any atom is -0.382 e. The molecular weight excluding hydrogens is 226 g/mol. The van der Waals surface area contributed by atoms with Gasteiger partial charge in [0.15, 0.2) is 5.84 Å². The maximum Gasteiger partial charge on any atom is 0.201 e. The molecule has 0 spiro atoms. The fourth-order valence-corrected chi connectivity index (χ4v) is 1.51. The fourth-order valence-electron chi connectivity index (χ4n) is 1.51.